The van der Waals surface area contributed by atoms with Gasteiger partial charge in [0.15, 0.2) is 5.58 Å². The van der Waals surface area contributed by atoms with Crippen LogP contribution in [0.2, 0.25) is 0 Å². The van der Waals surface area contributed by atoms with Crippen LogP contribution in [0.5, 0.6) is 11.5 Å². The molecule has 0 saturated carbocycles. The maximum absolute atomic E-state index is 11.7. The molecule has 4 aromatic rings. The summed E-state index contributed by atoms with van der Waals surface area (Å²) in [6, 6.07) is 19.2. The number of pyridine rings is 1. The Hall–Kier alpha value is -3.87. The van der Waals surface area contributed by atoms with Crippen molar-refractivity contribution in [3.8, 4) is 11.5 Å². The smallest absolute Gasteiger partial charge is 0.296 e. The topological polar surface area (TPSA) is 89.3 Å². The van der Waals surface area contributed by atoms with Gasteiger partial charge in [-0.1, -0.05) is 30.3 Å². The molecule has 0 saturated heterocycles. The van der Waals surface area contributed by atoms with Crippen molar-refractivity contribution < 1.29 is 13.9 Å². The van der Waals surface area contributed by atoms with Crippen molar-refractivity contribution in [1.29, 1.82) is 0 Å². The molecule has 0 unspecified atom stereocenters. The van der Waals surface area contributed by atoms with Crippen molar-refractivity contribution >= 4 is 23.0 Å². The lowest BCUT2D eigenvalue weighted by molar-refractivity contribution is 0.0958. The number of benzene rings is 2. The van der Waals surface area contributed by atoms with Gasteiger partial charge in [0.1, 0.15) is 22.7 Å². The Labute approximate surface area is 167 Å². The molecule has 2 N–H and O–H groups in total. The van der Waals surface area contributed by atoms with E-state index in [2.05, 4.69) is 20.6 Å². The molecule has 0 bridgehead atoms. The third-order valence-electron chi connectivity index (χ3n) is 4.43. The van der Waals surface area contributed by atoms with Gasteiger partial charge in [-0.2, -0.15) is 4.98 Å². The first-order valence-corrected chi connectivity index (χ1v) is 9.20. The number of hydrogen-bond acceptors (Lipinski definition) is 6. The summed E-state index contributed by atoms with van der Waals surface area (Å²) in [6.07, 6.45) is 1.53. The zero-order chi connectivity index (χ0) is 20.2. The first-order chi connectivity index (χ1) is 14.1. The van der Waals surface area contributed by atoms with E-state index in [4.69, 9.17) is 9.15 Å². The van der Waals surface area contributed by atoms with Gasteiger partial charge in [-0.3, -0.25) is 9.78 Å². The quantitative estimate of drug-likeness (QED) is 0.504. The number of nitrogens with zero attached hydrogens (tertiary/aromatic N) is 2. The van der Waals surface area contributed by atoms with E-state index >= 15 is 0 Å². The van der Waals surface area contributed by atoms with Gasteiger partial charge in [-0.15, -0.1) is 0 Å². The van der Waals surface area contributed by atoms with Crippen molar-refractivity contribution in [2.24, 2.45) is 0 Å². The molecule has 7 nitrogen and oxygen atoms in total. The van der Waals surface area contributed by atoms with Crippen LogP contribution in [0.4, 0.5) is 6.01 Å². The van der Waals surface area contributed by atoms with E-state index in [9.17, 15) is 4.79 Å². The highest BCUT2D eigenvalue weighted by Crippen LogP contribution is 2.28. The molecule has 29 heavy (non-hydrogen) atoms. The number of fused-ring (bicyclic) bond motifs is 1. The second kappa shape index (κ2) is 8.02. The minimum Gasteiger partial charge on any atom is -0.457 e. The molecule has 0 radical (unpaired) electrons. The maximum Gasteiger partial charge on any atom is 0.296 e. The Morgan fingerprint density at radius 2 is 1.86 bits per heavy atom. The summed E-state index contributed by atoms with van der Waals surface area (Å²) >= 11 is 0. The van der Waals surface area contributed by atoms with Crippen LogP contribution in [0.3, 0.4) is 0 Å². The van der Waals surface area contributed by atoms with E-state index in [1.807, 2.05) is 43.3 Å². The Morgan fingerprint density at radius 3 is 2.66 bits per heavy atom. The highest BCUT2D eigenvalue weighted by molar-refractivity contribution is 5.92. The molecular formula is C22H20N4O3. The Balaban J connectivity index is 1.52. The summed E-state index contributed by atoms with van der Waals surface area (Å²) in [5.74, 6) is 0.809. The fraction of sp³-hybridized carbons (Fsp3) is 0.136. The zero-order valence-electron chi connectivity index (χ0n) is 16.0. The molecule has 0 fully saturated rings. The Bertz CT molecular complexity index is 1140. The first kappa shape index (κ1) is 18.5. The monoisotopic (exact) mass is 388 g/mol. The van der Waals surface area contributed by atoms with E-state index in [1.54, 1.807) is 31.3 Å². The summed E-state index contributed by atoms with van der Waals surface area (Å²) < 4.78 is 11.7. The average molecular weight is 388 g/mol. The minimum absolute atomic E-state index is 0.0555. The highest BCUT2D eigenvalue weighted by Gasteiger charge is 2.12. The molecule has 2 aromatic heterocycles. The molecule has 2 aromatic carbocycles. The molecule has 1 amide bonds. The van der Waals surface area contributed by atoms with Crippen LogP contribution < -0.4 is 15.4 Å². The summed E-state index contributed by atoms with van der Waals surface area (Å²) in [7, 11) is 1.56. The van der Waals surface area contributed by atoms with Crippen molar-refractivity contribution in [2.45, 2.75) is 13.0 Å². The Morgan fingerprint density at radius 1 is 1.07 bits per heavy atom. The minimum atomic E-state index is -0.274. The van der Waals surface area contributed by atoms with Crippen LogP contribution in [-0.2, 0) is 0 Å². The van der Waals surface area contributed by atoms with Crippen LogP contribution in [0.15, 0.2) is 71.3 Å². The number of rotatable bonds is 6. The highest BCUT2D eigenvalue weighted by atomic mass is 16.5. The van der Waals surface area contributed by atoms with Gasteiger partial charge in [0, 0.05) is 25.4 Å². The number of anilines is 1. The summed E-state index contributed by atoms with van der Waals surface area (Å²) in [6.45, 7) is 2.05. The lowest BCUT2D eigenvalue weighted by atomic mass is 10.1. The molecule has 4 rings (SSSR count). The standard InChI is InChI=1S/C22H20N4O3/c1-14(15-6-4-3-5-7-15)25-22-26-18-9-8-16(13-20(18)29-22)28-17-10-11-24-19(12-17)21(27)23-2/h3-14H,1-2H3,(H,23,27)(H,25,26)/t14-/m1/s1. The SMILES string of the molecule is CNC(=O)c1cc(Oc2ccc3nc(N[C@H](C)c4ccccc4)oc3c2)ccn1. The first-order valence-electron chi connectivity index (χ1n) is 9.20. The van der Waals surface area contributed by atoms with Gasteiger partial charge in [-0.25, -0.2) is 0 Å². The number of carbonyl (C=O) groups is 1. The molecule has 7 heteroatoms. The predicted molar refractivity (Wildman–Crippen MR) is 110 cm³/mol. The van der Waals surface area contributed by atoms with Crippen molar-refractivity contribution in [3.05, 3.63) is 78.1 Å². The number of ether oxygens (including phenoxy) is 1. The van der Waals surface area contributed by atoms with Gasteiger partial charge in [0.2, 0.25) is 0 Å². The third-order valence-corrected chi connectivity index (χ3v) is 4.43. The molecule has 2 heterocycles. The van der Waals surface area contributed by atoms with E-state index in [0.29, 0.717) is 23.1 Å². The normalized spacial score (nSPS) is 11.8. The molecule has 146 valence electrons. The maximum atomic E-state index is 11.7. The van der Waals surface area contributed by atoms with Gasteiger partial charge < -0.3 is 19.8 Å². The Kier molecular flexibility index (Phi) is 5.11. The average Bonchev–Trinajstić information content (AvgIpc) is 3.15. The number of aromatic nitrogens is 2. The number of nitrogens with one attached hydrogen (secondary N) is 2. The zero-order valence-corrected chi connectivity index (χ0v) is 16.0. The van der Waals surface area contributed by atoms with Gasteiger partial charge in [0.25, 0.3) is 11.9 Å². The van der Waals surface area contributed by atoms with E-state index in [1.165, 1.54) is 6.20 Å². The van der Waals surface area contributed by atoms with Gasteiger partial charge in [0.05, 0.1) is 6.04 Å². The number of hydrogen-bond donors (Lipinski definition) is 2. The largest absolute Gasteiger partial charge is 0.457 e. The summed E-state index contributed by atoms with van der Waals surface area (Å²) in [5.41, 5.74) is 2.75. The molecule has 0 spiro atoms. The van der Waals surface area contributed by atoms with Gasteiger partial charge in [-0.05, 0) is 30.7 Å². The van der Waals surface area contributed by atoms with Crippen LogP contribution >= 0.6 is 0 Å². The van der Waals surface area contributed by atoms with Crippen molar-refractivity contribution in [3.63, 3.8) is 0 Å². The number of carbonyl (C=O) groups excluding carboxylic acids is 1. The lowest BCUT2D eigenvalue weighted by Crippen LogP contribution is -2.18. The number of oxazole rings is 1. The molecular weight excluding hydrogens is 368 g/mol. The molecule has 0 aliphatic heterocycles. The summed E-state index contributed by atoms with van der Waals surface area (Å²) in [5, 5.41) is 5.81. The van der Waals surface area contributed by atoms with Crippen LogP contribution in [-0.4, -0.2) is 22.9 Å². The van der Waals surface area contributed by atoms with E-state index in [-0.39, 0.29) is 17.6 Å². The fourth-order valence-corrected chi connectivity index (χ4v) is 2.90. The molecule has 1 atom stereocenters. The van der Waals surface area contributed by atoms with Crippen molar-refractivity contribution in [2.75, 3.05) is 12.4 Å². The predicted octanol–water partition coefficient (Wildman–Crippen LogP) is 4.55. The second-order valence-corrected chi connectivity index (χ2v) is 6.48. The number of amides is 1. The van der Waals surface area contributed by atoms with E-state index < -0.39 is 0 Å². The van der Waals surface area contributed by atoms with Crippen molar-refractivity contribution in [1.82, 2.24) is 15.3 Å². The van der Waals surface area contributed by atoms with Crippen LogP contribution in [0.25, 0.3) is 11.1 Å². The van der Waals surface area contributed by atoms with E-state index in [0.717, 1.165) is 11.1 Å². The second-order valence-electron chi connectivity index (χ2n) is 6.48. The molecule has 0 aliphatic rings. The fourth-order valence-electron chi connectivity index (χ4n) is 2.90. The summed E-state index contributed by atoms with van der Waals surface area (Å²) in [4.78, 5) is 20.2. The molecule has 0 aliphatic carbocycles. The van der Waals surface area contributed by atoms with Crippen LogP contribution in [0.1, 0.15) is 29.0 Å². The van der Waals surface area contributed by atoms with Crippen LogP contribution in [0, 0.1) is 0 Å². The third kappa shape index (κ3) is 4.19. The lowest BCUT2D eigenvalue weighted by Gasteiger charge is -2.11. The van der Waals surface area contributed by atoms with Gasteiger partial charge >= 0.3 is 0 Å².